The number of likely N-dealkylation sites (N-methyl/N-ethyl adjacent to an activating group) is 1. The molecule has 0 saturated heterocycles. The predicted molar refractivity (Wildman–Crippen MR) is 115 cm³/mol. The van der Waals surface area contributed by atoms with Crippen LogP contribution >= 0.6 is 0 Å². The zero-order valence-corrected chi connectivity index (χ0v) is 19.1. The molecule has 3 N–H and O–H groups in total. The average molecular weight is 409 g/mol. The Labute approximate surface area is 177 Å². The highest BCUT2D eigenvalue weighted by atomic mass is 16.6. The van der Waals surface area contributed by atoms with Crippen molar-refractivity contribution in [1.82, 2.24) is 10.4 Å². The Hall–Kier alpha value is -0.200. The lowest BCUT2D eigenvalue weighted by atomic mass is 9.43. The summed E-state index contributed by atoms with van der Waals surface area (Å²) in [4.78, 5) is 7.80. The number of aliphatic hydroxyl groups excluding tert-OH is 1. The summed E-state index contributed by atoms with van der Waals surface area (Å²) < 4.78 is 0. The topological polar surface area (TPSA) is 65.0 Å². The third kappa shape index (κ3) is 3.59. The van der Waals surface area contributed by atoms with Crippen molar-refractivity contribution >= 4 is 0 Å². The highest BCUT2D eigenvalue weighted by Gasteiger charge is 2.66. The standard InChI is InChI=1S/C24H44N2O3/c1-22-10-8-19(27)15-17(22)5-6-21-20(22)9-11-23(2)18(7-12-24(21,23)28)16-25-29-14-13-26(3)4/h17-21,25,27-28H,5-16H2,1-4H3/t17-,18-,19+,20+,21-,22+,23-,24+/m1/s1. The Morgan fingerprint density at radius 2 is 1.79 bits per heavy atom. The van der Waals surface area contributed by atoms with Gasteiger partial charge in [-0.1, -0.05) is 13.8 Å². The summed E-state index contributed by atoms with van der Waals surface area (Å²) in [6, 6.07) is 0. The minimum absolute atomic E-state index is 0.0105. The third-order valence-electron chi connectivity index (χ3n) is 10.1. The first-order valence-corrected chi connectivity index (χ1v) is 12.1. The first-order chi connectivity index (χ1) is 13.7. The van der Waals surface area contributed by atoms with Gasteiger partial charge in [-0.25, -0.2) is 5.48 Å². The van der Waals surface area contributed by atoms with Crippen LogP contribution in [-0.2, 0) is 4.84 Å². The van der Waals surface area contributed by atoms with Gasteiger partial charge in [0.05, 0.1) is 18.3 Å². The maximum atomic E-state index is 12.1. The maximum Gasteiger partial charge on any atom is 0.0809 e. The quantitative estimate of drug-likeness (QED) is 0.465. The Bertz CT molecular complexity index is 586. The SMILES string of the molecule is CN(C)CCONC[C@H]1CC[C@]2(O)[C@@H]3CC[C@@H]4C[C@@H](O)CC[C@]4(C)[C@H]3CC[C@]12C. The molecule has 29 heavy (non-hydrogen) atoms. The van der Waals surface area contributed by atoms with E-state index in [-0.39, 0.29) is 11.5 Å². The molecule has 4 rings (SSSR count). The van der Waals surface area contributed by atoms with Crippen molar-refractivity contribution in [1.29, 1.82) is 0 Å². The van der Waals surface area contributed by atoms with Crippen molar-refractivity contribution in [3.8, 4) is 0 Å². The summed E-state index contributed by atoms with van der Waals surface area (Å²) >= 11 is 0. The molecule has 5 heteroatoms. The summed E-state index contributed by atoms with van der Waals surface area (Å²) in [5.41, 5.74) is 2.99. The molecule has 168 valence electrons. The number of fused-ring (bicyclic) bond motifs is 5. The molecular weight excluding hydrogens is 364 g/mol. The molecule has 5 nitrogen and oxygen atoms in total. The van der Waals surface area contributed by atoms with Crippen LogP contribution in [0.5, 0.6) is 0 Å². The van der Waals surface area contributed by atoms with Gasteiger partial charge >= 0.3 is 0 Å². The van der Waals surface area contributed by atoms with Crippen LogP contribution in [0.4, 0.5) is 0 Å². The molecule has 0 aromatic carbocycles. The Balaban J connectivity index is 1.44. The summed E-state index contributed by atoms with van der Waals surface area (Å²) in [5.74, 6) is 2.17. The smallest absolute Gasteiger partial charge is 0.0809 e. The van der Waals surface area contributed by atoms with Crippen LogP contribution in [0.1, 0.15) is 71.6 Å². The monoisotopic (exact) mass is 408 g/mol. The largest absolute Gasteiger partial charge is 0.393 e. The number of rotatable bonds is 6. The maximum absolute atomic E-state index is 12.1. The van der Waals surface area contributed by atoms with Gasteiger partial charge in [-0.05, 0) is 101 Å². The number of hydrogen-bond donors (Lipinski definition) is 3. The van der Waals surface area contributed by atoms with E-state index in [1.807, 2.05) is 0 Å². The molecule has 0 bridgehead atoms. The molecule has 0 aliphatic heterocycles. The summed E-state index contributed by atoms with van der Waals surface area (Å²) in [7, 11) is 4.12. The molecule has 0 aromatic heterocycles. The van der Waals surface area contributed by atoms with Crippen LogP contribution in [0.25, 0.3) is 0 Å². The van der Waals surface area contributed by atoms with Crippen LogP contribution < -0.4 is 5.48 Å². The van der Waals surface area contributed by atoms with Gasteiger partial charge in [0.25, 0.3) is 0 Å². The van der Waals surface area contributed by atoms with E-state index in [9.17, 15) is 10.2 Å². The fourth-order valence-electron chi connectivity index (χ4n) is 8.10. The average Bonchev–Trinajstić information content (AvgIpc) is 2.93. The molecular formula is C24H44N2O3. The van der Waals surface area contributed by atoms with Gasteiger partial charge in [0.2, 0.25) is 0 Å². The van der Waals surface area contributed by atoms with E-state index in [2.05, 4.69) is 38.3 Å². The van der Waals surface area contributed by atoms with E-state index >= 15 is 0 Å². The molecule has 0 radical (unpaired) electrons. The molecule has 4 aliphatic carbocycles. The van der Waals surface area contributed by atoms with Gasteiger partial charge in [0.15, 0.2) is 0 Å². The number of nitrogens with zero attached hydrogens (tertiary/aromatic N) is 1. The fraction of sp³-hybridized carbons (Fsp3) is 1.00. The van der Waals surface area contributed by atoms with Crippen molar-refractivity contribution in [3.05, 3.63) is 0 Å². The van der Waals surface area contributed by atoms with Crippen molar-refractivity contribution in [2.75, 3.05) is 33.8 Å². The van der Waals surface area contributed by atoms with Crippen molar-refractivity contribution in [2.24, 2.45) is 34.5 Å². The summed E-state index contributed by atoms with van der Waals surface area (Å²) in [6.45, 7) is 7.30. The highest BCUT2D eigenvalue weighted by Crippen LogP contribution is 2.68. The minimum atomic E-state index is -0.532. The van der Waals surface area contributed by atoms with E-state index in [0.29, 0.717) is 35.7 Å². The van der Waals surface area contributed by atoms with Crippen LogP contribution in [0.3, 0.4) is 0 Å². The van der Waals surface area contributed by atoms with E-state index in [4.69, 9.17) is 4.84 Å². The first kappa shape index (κ1) is 22.0. The minimum Gasteiger partial charge on any atom is -0.393 e. The Kier molecular flexibility index (Phi) is 6.11. The Morgan fingerprint density at radius 3 is 2.55 bits per heavy atom. The number of hydrogen-bond acceptors (Lipinski definition) is 5. The van der Waals surface area contributed by atoms with Crippen LogP contribution in [0.2, 0.25) is 0 Å². The molecule has 0 spiro atoms. The van der Waals surface area contributed by atoms with Crippen molar-refractivity contribution in [2.45, 2.75) is 83.3 Å². The van der Waals surface area contributed by atoms with Gasteiger partial charge in [0.1, 0.15) is 0 Å². The molecule has 0 unspecified atom stereocenters. The second-order valence-corrected chi connectivity index (χ2v) is 11.5. The zero-order valence-electron chi connectivity index (χ0n) is 19.1. The molecule has 0 heterocycles. The second kappa shape index (κ2) is 8.05. The van der Waals surface area contributed by atoms with Gasteiger partial charge < -0.3 is 20.0 Å². The summed E-state index contributed by atoms with van der Waals surface area (Å²) in [5, 5.41) is 22.4. The zero-order chi connectivity index (χ0) is 20.9. The first-order valence-electron chi connectivity index (χ1n) is 12.1. The van der Waals surface area contributed by atoms with Crippen LogP contribution in [0, 0.1) is 34.5 Å². The molecule has 8 atom stereocenters. The lowest BCUT2D eigenvalue weighted by Crippen LogP contribution is -2.62. The van der Waals surface area contributed by atoms with Gasteiger partial charge in [-0.3, -0.25) is 0 Å². The molecule has 0 aromatic rings. The van der Waals surface area contributed by atoms with E-state index in [1.165, 1.54) is 12.8 Å². The van der Waals surface area contributed by atoms with Crippen molar-refractivity contribution in [3.63, 3.8) is 0 Å². The Morgan fingerprint density at radius 1 is 1.00 bits per heavy atom. The van der Waals surface area contributed by atoms with Crippen molar-refractivity contribution < 1.29 is 15.1 Å². The van der Waals surface area contributed by atoms with Gasteiger partial charge in [-0.15, -0.1) is 0 Å². The number of hydroxylamine groups is 1. The van der Waals surface area contributed by atoms with Gasteiger partial charge in [-0.2, -0.15) is 0 Å². The normalized spacial score (nSPS) is 49.6. The van der Waals surface area contributed by atoms with Gasteiger partial charge in [0, 0.05) is 18.5 Å². The lowest BCUT2D eigenvalue weighted by molar-refractivity contribution is -0.211. The fourth-order valence-corrected chi connectivity index (χ4v) is 8.10. The van der Waals surface area contributed by atoms with Crippen LogP contribution in [-0.4, -0.2) is 60.6 Å². The van der Waals surface area contributed by atoms with E-state index in [0.717, 1.165) is 58.0 Å². The lowest BCUT2D eigenvalue weighted by Gasteiger charge is -2.63. The van der Waals surface area contributed by atoms with Crippen LogP contribution in [0.15, 0.2) is 0 Å². The molecule has 4 aliphatic rings. The van der Waals surface area contributed by atoms with E-state index < -0.39 is 5.60 Å². The number of nitrogens with one attached hydrogen (secondary N) is 1. The predicted octanol–water partition coefficient (Wildman–Crippen LogP) is 3.20. The van der Waals surface area contributed by atoms with E-state index in [1.54, 1.807) is 0 Å². The molecule has 4 saturated carbocycles. The highest BCUT2D eigenvalue weighted by molar-refractivity contribution is 5.16. The molecule has 0 amide bonds. The molecule has 4 fully saturated rings. The number of aliphatic hydroxyl groups is 2. The summed E-state index contributed by atoms with van der Waals surface area (Å²) in [6.07, 6.45) is 9.69. The third-order valence-corrected chi connectivity index (χ3v) is 10.1. The second-order valence-electron chi connectivity index (χ2n) is 11.5.